The van der Waals surface area contributed by atoms with Crippen molar-refractivity contribution in [3.63, 3.8) is 0 Å². The number of amides is 1. The third-order valence-electron chi connectivity index (χ3n) is 3.95. The van der Waals surface area contributed by atoms with Gasteiger partial charge in [0, 0.05) is 17.6 Å². The maximum atomic E-state index is 12.5. The molecule has 1 saturated heterocycles. The topological polar surface area (TPSA) is 101 Å². The van der Waals surface area contributed by atoms with E-state index in [-0.39, 0.29) is 4.90 Å². The number of rotatable bonds is 5. The Bertz CT molecular complexity index is 955. The van der Waals surface area contributed by atoms with Crippen molar-refractivity contribution in [1.82, 2.24) is 15.2 Å². The zero-order chi connectivity index (χ0) is 19.6. The van der Waals surface area contributed by atoms with Gasteiger partial charge >= 0.3 is 0 Å². The molecule has 1 aliphatic heterocycles. The summed E-state index contributed by atoms with van der Waals surface area (Å²) in [7, 11) is -3.91. The standard InChI is InChI=1S/C16H19BrN4O4S2/c1-10-3-4-13(12(17)9-10)27(23,24)20-19-15(22)14-11(2)18-16(26-14)21-5-7-25-8-6-21/h3-4,9,20H,5-8H2,1-2H3,(H,19,22). The zero-order valence-electron chi connectivity index (χ0n) is 14.8. The molecule has 0 spiro atoms. The van der Waals surface area contributed by atoms with Gasteiger partial charge in [0.25, 0.3) is 15.9 Å². The smallest absolute Gasteiger partial charge is 0.278 e. The predicted molar refractivity (Wildman–Crippen MR) is 107 cm³/mol. The average Bonchev–Trinajstić information content (AvgIpc) is 3.02. The van der Waals surface area contributed by atoms with Gasteiger partial charge in [-0.25, -0.2) is 13.4 Å². The molecule has 0 atom stereocenters. The van der Waals surface area contributed by atoms with Crippen molar-refractivity contribution in [2.75, 3.05) is 31.2 Å². The van der Waals surface area contributed by atoms with Crippen molar-refractivity contribution in [3.05, 3.63) is 38.8 Å². The van der Waals surface area contributed by atoms with E-state index in [0.717, 1.165) is 10.7 Å². The first-order chi connectivity index (χ1) is 12.8. The van der Waals surface area contributed by atoms with Gasteiger partial charge < -0.3 is 9.64 Å². The Morgan fingerprint density at radius 3 is 2.67 bits per heavy atom. The molecule has 27 heavy (non-hydrogen) atoms. The molecule has 11 heteroatoms. The van der Waals surface area contributed by atoms with E-state index < -0.39 is 15.9 Å². The first-order valence-electron chi connectivity index (χ1n) is 8.16. The molecule has 1 aliphatic rings. The highest BCUT2D eigenvalue weighted by Crippen LogP contribution is 2.27. The summed E-state index contributed by atoms with van der Waals surface area (Å²) in [6.07, 6.45) is 0. The van der Waals surface area contributed by atoms with E-state index in [1.54, 1.807) is 19.1 Å². The van der Waals surface area contributed by atoms with Gasteiger partial charge in [0.15, 0.2) is 5.13 Å². The quantitative estimate of drug-likeness (QED) is 0.642. The Kier molecular flexibility index (Phi) is 6.16. The Morgan fingerprint density at radius 2 is 2.00 bits per heavy atom. The molecule has 2 aromatic rings. The summed E-state index contributed by atoms with van der Waals surface area (Å²) in [5.74, 6) is -0.545. The number of aryl methyl sites for hydroxylation is 2. The van der Waals surface area contributed by atoms with Crippen LogP contribution in [0.2, 0.25) is 0 Å². The number of nitrogens with zero attached hydrogens (tertiary/aromatic N) is 2. The molecule has 146 valence electrons. The minimum atomic E-state index is -3.91. The summed E-state index contributed by atoms with van der Waals surface area (Å²) < 4.78 is 30.6. The number of hydrogen-bond donors (Lipinski definition) is 2. The van der Waals surface area contributed by atoms with Gasteiger partial charge in [-0.3, -0.25) is 10.2 Å². The first-order valence-corrected chi connectivity index (χ1v) is 11.3. The molecular weight excluding hydrogens is 456 g/mol. The minimum absolute atomic E-state index is 0.0448. The van der Waals surface area contributed by atoms with Crippen molar-refractivity contribution in [2.24, 2.45) is 0 Å². The van der Waals surface area contributed by atoms with Crippen LogP contribution in [0, 0.1) is 13.8 Å². The molecule has 0 unspecified atom stereocenters. The number of hydrogen-bond acceptors (Lipinski definition) is 7. The van der Waals surface area contributed by atoms with Crippen LogP contribution in [-0.4, -0.2) is 45.6 Å². The van der Waals surface area contributed by atoms with Gasteiger partial charge in [-0.1, -0.05) is 17.4 Å². The van der Waals surface area contributed by atoms with E-state index in [2.05, 4.69) is 31.2 Å². The highest BCUT2D eigenvalue weighted by atomic mass is 79.9. The Labute approximate surface area is 170 Å². The number of halogens is 1. The molecule has 0 saturated carbocycles. The maximum absolute atomic E-state index is 12.5. The maximum Gasteiger partial charge on any atom is 0.278 e. The number of thiazole rings is 1. The molecule has 0 aliphatic carbocycles. The molecule has 2 heterocycles. The predicted octanol–water partition coefficient (Wildman–Crippen LogP) is 1.98. The van der Waals surface area contributed by atoms with Crippen LogP contribution in [0.4, 0.5) is 5.13 Å². The van der Waals surface area contributed by atoms with Crippen molar-refractivity contribution in [1.29, 1.82) is 0 Å². The first kappa shape index (κ1) is 20.2. The lowest BCUT2D eigenvalue weighted by molar-refractivity contribution is 0.0948. The van der Waals surface area contributed by atoms with Crippen LogP contribution in [0.25, 0.3) is 0 Å². The number of hydrazine groups is 1. The number of morpholine rings is 1. The lowest BCUT2D eigenvalue weighted by Crippen LogP contribution is -2.41. The lowest BCUT2D eigenvalue weighted by Gasteiger charge is -2.25. The van der Waals surface area contributed by atoms with E-state index >= 15 is 0 Å². The molecule has 8 nitrogen and oxygen atoms in total. The van der Waals surface area contributed by atoms with E-state index in [1.165, 1.54) is 17.4 Å². The fourth-order valence-corrected chi connectivity index (χ4v) is 5.58. The number of aromatic nitrogens is 1. The van der Waals surface area contributed by atoms with Crippen molar-refractivity contribution in [3.8, 4) is 0 Å². The number of carbonyl (C=O) groups excluding carboxylic acids is 1. The SMILES string of the molecule is Cc1ccc(S(=O)(=O)NNC(=O)c2sc(N3CCOCC3)nc2C)c(Br)c1. The molecule has 3 rings (SSSR count). The molecule has 1 fully saturated rings. The summed E-state index contributed by atoms with van der Waals surface area (Å²) in [5, 5.41) is 0.727. The highest BCUT2D eigenvalue weighted by molar-refractivity contribution is 9.10. The van der Waals surface area contributed by atoms with Gasteiger partial charge in [0.05, 0.1) is 23.8 Å². The normalized spacial score (nSPS) is 15.0. The van der Waals surface area contributed by atoms with E-state index in [1.807, 2.05) is 11.8 Å². The van der Waals surface area contributed by atoms with Crippen LogP contribution in [0.15, 0.2) is 27.6 Å². The van der Waals surface area contributed by atoms with E-state index in [9.17, 15) is 13.2 Å². The van der Waals surface area contributed by atoms with Crippen LogP contribution >= 0.6 is 27.3 Å². The molecule has 0 radical (unpaired) electrons. The van der Waals surface area contributed by atoms with Gasteiger partial charge in [0.1, 0.15) is 4.88 Å². The summed E-state index contributed by atoms with van der Waals surface area (Å²) in [5.41, 5.74) is 3.73. The molecule has 1 aromatic carbocycles. The number of anilines is 1. The van der Waals surface area contributed by atoms with Crippen LogP contribution < -0.4 is 15.2 Å². The summed E-state index contributed by atoms with van der Waals surface area (Å²) in [6, 6.07) is 4.85. The van der Waals surface area contributed by atoms with Gasteiger partial charge in [-0.15, -0.1) is 4.83 Å². The summed E-state index contributed by atoms with van der Waals surface area (Å²) >= 11 is 4.47. The third kappa shape index (κ3) is 4.66. The minimum Gasteiger partial charge on any atom is -0.378 e. The van der Waals surface area contributed by atoms with Crippen molar-refractivity contribution < 1.29 is 17.9 Å². The molecule has 2 N–H and O–H groups in total. The molecule has 0 bridgehead atoms. The van der Waals surface area contributed by atoms with Crippen LogP contribution in [0.1, 0.15) is 20.9 Å². The number of nitrogens with one attached hydrogen (secondary N) is 2. The van der Waals surface area contributed by atoms with E-state index in [0.29, 0.717) is 41.3 Å². The lowest BCUT2D eigenvalue weighted by atomic mass is 10.2. The van der Waals surface area contributed by atoms with Crippen molar-refractivity contribution in [2.45, 2.75) is 18.7 Å². The van der Waals surface area contributed by atoms with Crippen LogP contribution in [-0.2, 0) is 14.8 Å². The van der Waals surface area contributed by atoms with Crippen LogP contribution in [0.3, 0.4) is 0 Å². The van der Waals surface area contributed by atoms with Crippen LogP contribution in [0.5, 0.6) is 0 Å². The average molecular weight is 475 g/mol. The number of carbonyl (C=O) groups is 1. The molecular formula is C16H19BrN4O4S2. The third-order valence-corrected chi connectivity index (χ3v) is 7.39. The fraction of sp³-hybridized carbons (Fsp3) is 0.375. The second-order valence-electron chi connectivity index (χ2n) is 6.00. The second-order valence-corrected chi connectivity index (χ2v) is 9.49. The van der Waals surface area contributed by atoms with Crippen molar-refractivity contribution >= 4 is 48.3 Å². The Morgan fingerprint density at radius 1 is 1.30 bits per heavy atom. The monoisotopic (exact) mass is 474 g/mol. The Hall–Kier alpha value is -1.53. The number of benzene rings is 1. The Balaban J connectivity index is 1.71. The van der Waals surface area contributed by atoms with E-state index in [4.69, 9.17) is 4.74 Å². The largest absolute Gasteiger partial charge is 0.378 e. The summed E-state index contributed by atoms with van der Waals surface area (Å²) in [4.78, 5) is 21.5. The molecule has 1 amide bonds. The molecule has 1 aromatic heterocycles. The highest BCUT2D eigenvalue weighted by Gasteiger charge is 2.23. The van der Waals surface area contributed by atoms with Gasteiger partial charge in [-0.05, 0) is 47.5 Å². The number of ether oxygens (including phenoxy) is 1. The second kappa shape index (κ2) is 8.23. The number of sulfonamides is 1. The fourth-order valence-electron chi connectivity index (χ4n) is 2.53. The zero-order valence-corrected chi connectivity index (χ0v) is 18.0. The van der Waals surface area contributed by atoms with Gasteiger partial charge in [0.2, 0.25) is 0 Å². The summed E-state index contributed by atoms with van der Waals surface area (Å²) in [6.45, 7) is 6.23. The van der Waals surface area contributed by atoms with Gasteiger partial charge in [-0.2, -0.15) is 0 Å².